The number of aromatic nitrogens is 2. The van der Waals surface area contributed by atoms with Gasteiger partial charge in [0.1, 0.15) is 18.0 Å². The van der Waals surface area contributed by atoms with Crippen LogP contribution >= 0.6 is 0 Å². The Balaban J connectivity index is 3.10. The molecule has 0 radical (unpaired) electrons. The fourth-order valence-corrected chi connectivity index (χ4v) is 1.68. The molecular formula is C12H22N4O. The first-order valence-electron chi connectivity index (χ1n) is 6.07. The molecule has 96 valence electrons. The van der Waals surface area contributed by atoms with Crippen molar-refractivity contribution in [3.63, 3.8) is 0 Å². The first kappa shape index (κ1) is 13.7. The summed E-state index contributed by atoms with van der Waals surface area (Å²) in [7, 11) is 1.94. The second-order valence-electron chi connectivity index (χ2n) is 4.05. The van der Waals surface area contributed by atoms with Gasteiger partial charge in [-0.2, -0.15) is 0 Å². The SMILES string of the molecule is CCNc1ncnc(N(C)C(C)CO)c1CC. The van der Waals surface area contributed by atoms with Gasteiger partial charge in [-0.05, 0) is 20.3 Å². The largest absolute Gasteiger partial charge is 0.394 e. The fourth-order valence-electron chi connectivity index (χ4n) is 1.68. The van der Waals surface area contributed by atoms with Gasteiger partial charge in [0.15, 0.2) is 0 Å². The van der Waals surface area contributed by atoms with Gasteiger partial charge in [-0.25, -0.2) is 9.97 Å². The average molecular weight is 238 g/mol. The molecule has 0 spiro atoms. The van der Waals surface area contributed by atoms with E-state index in [4.69, 9.17) is 0 Å². The highest BCUT2D eigenvalue weighted by Crippen LogP contribution is 2.24. The molecule has 17 heavy (non-hydrogen) atoms. The van der Waals surface area contributed by atoms with Gasteiger partial charge in [0.2, 0.25) is 0 Å². The molecule has 1 aromatic heterocycles. The molecule has 0 saturated carbocycles. The maximum atomic E-state index is 9.20. The third-order valence-electron chi connectivity index (χ3n) is 2.88. The highest BCUT2D eigenvalue weighted by atomic mass is 16.3. The van der Waals surface area contributed by atoms with Crippen LogP contribution in [0.25, 0.3) is 0 Å². The van der Waals surface area contributed by atoms with E-state index < -0.39 is 0 Å². The van der Waals surface area contributed by atoms with Gasteiger partial charge in [0.05, 0.1) is 12.6 Å². The summed E-state index contributed by atoms with van der Waals surface area (Å²) in [6.07, 6.45) is 2.42. The number of hydrogen-bond donors (Lipinski definition) is 2. The van der Waals surface area contributed by atoms with E-state index in [1.54, 1.807) is 6.33 Å². The lowest BCUT2D eigenvalue weighted by Gasteiger charge is -2.26. The van der Waals surface area contributed by atoms with Crippen molar-refractivity contribution in [1.82, 2.24) is 9.97 Å². The van der Waals surface area contributed by atoms with Gasteiger partial charge >= 0.3 is 0 Å². The molecule has 1 unspecified atom stereocenters. The predicted octanol–water partition coefficient (Wildman–Crippen LogP) is 1.29. The maximum Gasteiger partial charge on any atom is 0.137 e. The number of rotatable bonds is 6. The fraction of sp³-hybridized carbons (Fsp3) is 0.667. The van der Waals surface area contributed by atoms with Gasteiger partial charge in [-0.3, -0.25) is 0 Å². The van der Waals surface area contributed by atoms with E-state index in [0.717, 1.165) is 30.2 Å². The van der Waals surface area contributed by atoms with Crippen molar-refractivity contribution in [2.45, 2.75) is 33.2 Å². The zero-order valence-electron chi connectivity index (χ0n) is 11.1. The van der Waals surface area contributed by atoms with Gasteiger partial charge < -0.3 is 15.3 Å². The zero-order valence-corrected chi connectivity index (χ0v) is 11.1. The number of nitrogens with one attached hydrogen (secondary N) is 1. The second-order valence-corrected chi connectivity index (χ2v) is 4.05. The lowest BCUT2D eigenvalue weighted by atomic mass is 10.2. The van der Waals surface area contributed by atoms with Crippen LogP contribution in [-0.2, 0) is 6.42 Å². The Morgan fingerprint density at radius 3 is 2.65 bits per heavy atom. The highest BCUT2D eigenvalue weighted by molar-refractivity contribution is 5.58. The zero-order chi connectivity index (χ0) is 12.8. The van der Waals surface area contributed by atoms with Crippen LogP contribution in [0.4, 0.5) is 11.6 Å². The van der Waals surface area contributed by atoms with Gasteiger partial charge in [0.25, 0.3) is 0 Å². The molecule has 1 atom stereocenters. The molecule has 0 aliphatic heterocycles. The Bertz CT molecular complexity index is 356. The lowest BCUT2D eigenvalue weighted by molar-refractivity contribution is 0.269. The number of hydrogen-bond acceptors (Lipinski definition) is 5. The molecule has 0 amide bonds. The molecule has 1 heterocycles. The van der Waals surface area contributed by atoms with Crippen molar-refractivity contribution in [1.29, 1.82) is 0 Å². The number of aliphatic hydroxyl groups is 1. The predicted molar refractivity (Wildman–Crippen MR) is 70.5 cm³/mol. The third kappa shape index (κ3) is 3.06. The topological polar surface area (TPSA) is 61.3 Å². The lowest BCUT2D eigenvalue weighted by Crippen LogP contribution is -2.33. The van der Waals surface area contributed by atoms with Gasteiger partial charge in [-0.15, -0.1) is 0 Å². The first-order chi connectivity index (χ1) is 8.15. The summed E-state index contributed by atoms with van der Waals surface area (Å²) in [5.41, 5.74) is 1.09. The van der Waals surface area contributed by atoms with Crippen LogP contribution in [0.2, 0.25) is 0 Å². The third-order valence-corrected chi connectivity index (χ3v) is 2.88. The van der Waals surface area contributed by atoms with Crippen molar-refractivity contribution in [2.75, 3.05) is 30.4 Å². The van der Waals surface area contributed by atoms with Crippen LogP contribution in [0.3, 0.4) is 0 Å². The van der Waals surface area contributed by atoms with Gasteiger partial charge in [0, 0.05) is 19.2 Å². The van der Waals surface area contributed by atoms with Crippen LogP contribution in [0.15, 0.2) is 6.33 Å². The summed E-state index contributed by atoms with van der Waals surface area (Å²) in [5.74, 6) is 1.77. The van der Waals surface area contributed by atoms with Crippen molar-refractivity contribution < 1.29 is 5.11 Å². The number of nitrogens with zero attached hydrogens (tertiary/aromatic N) is 3. The summed E-state index contributed by atoms with van der Waals surface area (Å²) >= 11 is 0. The minimum atomic E-state index is 0.0460. The van der Waals surface area contributed by atoms with Crippen molar-refractivity contribution >= 4 is 11.6 Å². The van der Waals surface area contributed by atoms with E-state index >= 15 is 0 Å². The Morgan fingerprint density at radius 2 is 2.12 bits per heavy atom. The number of likely N-dealkylation sites (N-methyl/N-ethyl adjacent to an activating group) is 1. The van der Waals surface area contributed by atoms with E-state index in [1.807, 2.05) is 25.8 Å². The normalized spacial score (nSPS) is 12.3. The Labute approximate surface area is 103 Å². The molecule has 5 heteroatoms. The summed E-state index contributed by atoms with van der Waals surface area (Å²) in [5, 5.41) is 12.4. The van der Waals surface area contributed by atoms with Crippen LogP contribution in [0.1, 0.15) is 26.3 Å². The number of anilines is 2. The standard InChI is InChI=1S/C12H22N4O/c1-5-10-11(13-6-2)14-8-15-12(10)16(4)9(3)7-17/h8-9,17H,5-7H2,1-4H3,(H,13,14,15). The smallest absolute Gasteiger partial charge is 0.137 e. The molecule has 0 saturated heterocycles. The Morgan fingerprint density at radius 1 is 1.41 bits per heavy atom. The second kappa shape index (κ2) is 6.39. The molecule has 1 rings (SSSR count). The molecule has 0 aliphatic rings. The molecule has 1 aromatic rings. The monoisotopic (exact) mass is 238 g/mol. The molecule has 0 fully saturated rings. The maximum absolute atomic E-state index is 9.20. The van der Waals surface area contributed by atoms with Crippen molar-refractivity contribution in [3.05, 3.63) is 11.9 Å². The summed E-state index contributed by atoms with van der Waals surface area (Å²) in [6, 6.07) is 0.0460. The van der Waals surface area contributed by atoms with Crippen molar-refractivity contribution in [3.8, 4) is 0 Å². The molecule has 0 aromatic carbocycles. The molecule has 0 bridgehead atoms. The minimum Gasteiger partial charge on any atom is -0.394 e. The van der Waals surface area contributed by atoms with Crippen LogP contribution in [-0.4, -0.2) is 41.3 Å². The molecule has 5 nitrogen and oxygen atoms in total. The first-order valence-corrected chi connectivity index (χ1v) is 6.07. The van der Waals surface area contributed by atoms with Gasteiger partial charge in [-0.1, -0.05) is 6.92 Å². The van der Waals surface area contributed by atoms with Crippen molar-refractivity contribution in [2.24, 2.45) is 0 Å². The van der Waals surface area contributed by atoms with E-state index in [2.05, 4.69) is 22.2 Å². The molecular weight excluding hydrogens is 216 g/mol. The summed E-state index contributed by atoms with van der Waals surface area (Å²) in [4.78, 5) is 10.6. The van der Waals surface area contributed by atoms with E-state index in [-0.39, 0.29) is 12.6 Å². The highest BCUT2D eigenvalue weighted by Gasteiger charge is 2.16. The van der Waals surface area contributed by atoms with E-state index in [0.29, 0.717) is 0 Å². The summed E-state index contributed by atoms with van der Waals surface area (Å²) in [6.45, 7) is 7.04. The minimum absolute atomic E-state index is 0.0460. The van der Waals surface area contributed by atoms with Crippen LogP contribution in [0.5, 0.6) is 0 Å². The van der Waals surface area contributed by atoms with Crippen LogP contribution < -0.4 is 10.2 Å². The molecule has 2 N–H and O–H groups in total. The number of aliphatic hydroxyl groups excluding tert-OH is 1. The van der Waals surface area contributed by atoms with E-state index in [1.165, 1.54) is 0 Å². The van der Waals surface area contributed by atoms with E-state index in [9.17, 15) is 5.11 Å². The average Bonchev–Trinajstić information content (AvgIpc) is 2.37. The molecule has 0 aliphatic carbocycles. The summed E-state index contributed by atoms with van der Waals surface area (Å²) < 4.78 is 0. The Hall–Kier alpha value is -1.36. The quantitative estimate of drug-likeness (QED) is 0.782. The van der Waals surface area contributed by atoms with Crippen LogP contribution in [0, 0.1) is 0 Å². The Kier molecular flexibility index (Phi) is 5.15.